The lowest BCUT2D eigenvalue weighted by Crippen LogP contribution is -2.21. The summed E-state index contributed by atoms with van der Waals surface area (Å²) < 4.78 is 0. The Kier molecular flexibility index (Phi) is 5.22. The van der Waals surface area contributed by atoms with Crippen molar-refractivity contribution in [3.8, 4) is 0 Å². The molecule has 104 valence electrons. The Morgan fingerprint density at radius 2 is 2.05 bits per heavy atom. The zero-order valence-electron chi connectivity index (χ0n) is 9.69. The first kappa shape index (κ1) is 15.4. The lowest BCUT2D eigenvalue weighted by atomic mass is 9.97. The van der Waals surface area contributed by atoms with Crippen molar-refractivity contribution in [2.45, 2.75) is 18.6 Å². The van der Waals surface area contributed by atoms with Crippen LogP contribution in [0.3, 0.4) is 0 Å². The number of carboxylic acid groups (broad SMARTS) is 1. The SMILES string of the molecule is O=C(O)c1ccc([N+](=O)[O-])cc1C(O)C(O)CCCl. The Labute approximate surface area is 113 Å². The third-order valence-corrected chi connectivity index (χ3v) is 2.78. The van der Waals surface area contributed by atoms with Gasteiger partial charge in [-0.15, -0.1) is 11.6 Å². The minimum absolute atomic E-state index is 0.0322. The smallest absolute Gasteiger partial charge is 0.336 e. The van der Waals surface area contributed by atoms with Crippen LogP contribution in [-0.4, -0.2) is 38.2 Å². The summed E-state index contributed by atoms with van der Waals surface area (Å²) >= 11 is 5.42. The maximum absolute atomic E-state index is 11.0. The molecule has 3 N–H and O–H groups in total. The van der Waals surface area contributed by atoms with Crippen molar-refractivity contribution in [2.24, 2.45) is 0 Å². The normalized spacial score (nSPS) is 13.8. The summed E-state index contributed by atoms with van der Waals surface area (Å²) in [7, 11) is 0. The molecule has 0 aromatic heterocycles. The van der Waals surface area contributed by atoms with E-state index in [1.807, 2.05) is 0 Å². The molecule has 0 fully saturated rings. The van der Waals surface area contributed by atoms with Crippen LogP contribution in [-0.2, 0) is 0 Å². The topological polar surface area (TPSA) is 121 Å². The highest BCUT2D eigenvalue weighted by molar-refractivity contribution is 6.17. The van der Waals surface area contributed by atoms with Gasteiger partial charge in [-0.3, -0.25) is 10.1 Å². The summed E-state index contributed by atoms with van der Waals surface area (Å²) in [6, 6.07) is 2.98. The molecule has 0 amide bonds. The van der Waals surface area contributed by atoms with Gasteiger partial charge in [0.05, 0.1) is 16.6 Å². The number of nitro benzene ring substituents is 1. The van der Waals surface area contributed by atoms with E-state index in [1.165, 1.54) is 0 Å². The fourth-order valence-corrected chi connectivity index (χ4v) is 1.80. The Bertz CT molecular complexity index is 492. The second-order valence-corrected chi connectivity index (χ2v) is 4.20. The Balaban J connectivity index is 3.24. The summed E-state index contributed by atoms with van der Waals surface area (Å²) in [5.74, 6) is -1.28. The predicted octanol–water partition coefficient (Wildman–Crippen LogP) is 1.32. The van der Waals surface area contributed by atoms with Gasteiger partial charge in [0.25, 0.3) is 5.69 Å². The number of carbonyl (C=O) groups is 1. The number of nitro groups is 1. The second kappa shape index (κ2) is 6.46. The van der Waals surface area contributed by atoms with Crippen LogP contribution in [0.5, 0.6) is 0 Å². The summed E-state index contributed by atoms with van der Waals surface area (Å²) in [5, 5.41) is 39.1. The molecule has 0 heterocycles. The molecule has 0 saturated heterocycles. The van der Waals surface area contributed by atoms with Crippen LogP contribution in [0.4, 0.5) is 5.69 Å². The zero-order chi connectivity index (χ0) is 14.6. The number of aliphatic hydroxyl groups excluding tert-OH is 2. The number of benzene rings is 1. The Hall–Kier alpha value is -1.70. The number of halogens is 1. The molecule has 0 saturated carbocycles. The number of carboxylic acids is 1. The van der Waals surface area contributed by atoms with Crippen molar-refractivity contribution >= 4 is 23.3 Å². The predicted molar refractivity (Wildman–Crippen MR) is 66.4 cm³/mol. The molecule has 19 heavy (non-hydrogen) atoms. The number of hydrogen-bond acceptors (Lipinski definition) is 5. The third-order valence-electron chi connectivity index (χ3n) is 2.56. The monoisotopic (exact) mass is 289 g/mol. The van der Waals surface area contributed by atoms with Crippen LogP contribution in [0.15, 0.2) is 18.2 Å². The van der Waals surface area contributed by atoms with Gasteiger partial charge in [0.15, 0.2) is 0 Å². The largest absolute Gasteiger partial charge is 0.478 e. The van der Waals surface area contributed by atoms with E-state index in [0.717, 1.165) is 18.2 Å². The van der Waals surface area contributed by atoms with Crippen molar-refractivity contribution in [3.05, 3.63) is 39.4 Å². The van der Waals surface area contributed by atoms with E-state index in [-0.39, 0.29) is 29.1 Å². The highest BCUT2D eigenvalue weighted by atomic mass is 35.5. The van der Waals surface area contributed by atoms with E-state index in [0.29, 0.717) is 0 Å². The lowest BCUT2D eigenvalue weighted by molar-refractivity contribution is -0.385. The highest BCUT2D eigenvalue weighted by Crippen LogP contribution is 2.27. The summed E-state index contributed by atoms with van der Waals surface area (Å²) in [5.41, 5.74) is -0.872. The van der Waals surface area contributed by atoms with Gasteiger partial charge in [-0.05, 0) is 12.5 Å². The molecule has 1 rings (SSSR count). The van der Waals surface area contributed by atoms with Crippen LogP contribution in [0.25, 0.3) is 0 Å². The van der Waals surface area contributed by atoms with Crippen LogP contribution >= 0.6 is 11.6 Å². The number of aliphatic hydroxyl groups is 2. The zero-order valence-corrected chi connectivity index (χ0v) is 10.4. The first-order chi connectivity index (χ1) is 8.88. The minimum Gasteiger partial charge on any atom is -0.478 e. The lowest BCUT2D eigenvalue weighted by Gasteiger charge is -2.18. The molecule has 0 aliphatic carbocycles. The summed E-state index contributed by atoms with van der Waals surface area (Å²) in [6.07, 6.45) is -2.81. The molecule has 1 aromatic carbocycles. The average molecular weight is 290 g/mol. The molecular weight excluding hydrogens is 278 g/mol. The molecule has 0 aliphatic heterocycles. The van der Waals surface area contributed by atoms with Crippen molar-refractivity contribution < 1.29 is 25.0 Å². The minimum atomic E-state index is -1.55. The fraction of sp³-hybridized carbons (Fsp3) is 0.364. The Morgan fingerprint density at radius 1 is 1.42 bits per heavy atom. The van der Waals surface area contributed by atoms with Crippen LogP contribution in [0.2, 0.25) is 0 Å². The van der Waals surface area contributed by atoms with Crippen molar-refractivity contribution in [3.63, 3.8) is 0 Å². The molecule has 0 aliphatic rings. The van der Waals surface area contributed by atoms with E-state index in [9.17, 15) is 25.1 Å². The molecule has 7 nitrogen and oxygen atoms in total. The van der Waals surface area contributed by atoms with Crippen molar-refractivity contribution in [2.75, 3.05) is 5.88 Å². The number of nitrogens with zero attached hydrogens (tertiary/aromatic N) is 1. The molecule has 2 unspecified atom stereocenters. The standard InChI is InChI=1S/C11H12ClNO6/c12-4-3-9(14)10(15)8-5-6(13(18)19)1-2-7(8)11(16)17/h1-2,5,9-10,14-15H,3-4H2,(H,16,17). The second-order valence-electron chi connectivity index (χ2n) is 3.82. The van der Waals surface area contributed by atoms with Crippen LogP contribution in [0.1, 0.15) is 28.4 Å². The van der Waals surface area contributed by atoms with E-state index in [4.69, 9.17) is 16.7 Å². The van der Waals surface area contributed by atoms with E-state index < -0.39 is 23.1 Å². The number of non-ortho nitro benzene ring substituents is 1. The number of aromatic carboxylic acids is 1. The molecule has 0 bridgehead atoms. The van der Waals surface area contributed by atoms with Gasteiger partial charge in [0, 0.05) is 23.6 Å². The summed E-state index contributed by atoms with van der Waals surface area (Å²) in [6.45, 7) is 0. The molecule has 0 spiro atoms. The molecule has 1 aromatic rings. The molecular formula is C11H12ClNO6. The van der Waals surface area contributed by atoms with Gasteiger partial charge in [0.1, 0.15) is 6.10 Å². The number of hydrogen-bond donors (Lipinski definition) is 3. The first-order valence-corrected chi connectivity index (χ1v) is 5.85. The van der Waals surface area contributed by atoms with Crippen LogP contribution in [0, 0.1) is 10.1 Å². The van der Waals surface area contributed by atoms with Gasteiger partial charge in [-0.1, -0.05) is 0 Å². The van der Waals surface area contributed by atoms with E-state index >= 15 is 0 Å². The van der Waals surface area contributed by atoms with Gasteiger partial charge in [-0.25, -0.2) is 4.79 Å². The summed E-state index contributed by atoms with van der Waals surface area (Å²) in [4.78, 5) is 20.9. The van der Waals surface area contributed by atoms with Gasteiger partial charge in [0.2, 0.25) is 0 Å². The highest BCUT2D eigenvalue weighted by Gasteiger charge is 2.25. The van der Waals surface area contributed by atoms with Crippen molar-refractivity contribution in [1.29, 1.82) is 0 Å². The fourth-order valence-electron chi connectivity index (χ4n) is 1.58. The van der Waals surface area contributed by atoms with Gasteiger partial charge < -0.3 is 15.3 Å². The van der Waals surface area contributed by atoms with Crippen molar-refractivity contribution in [1.82, 2.24) is 0 Å². The molecule has 0 radical (unpaired) electrons. The van der Waals surface area contributed by atoms with Gasteiger partial charge in [-0.2, -0.15) is 0 Å². The Morgan fingerprint density at radius 3 is 2.53 bits per heavy atom. The van der Waals surface area contributed by atoms with Gasteiger partial charge >= 0.3 is 5.97 Å². The van der Waals surface area contributed by atoms with E-state index in [2.05, 4.69) is 0 Å². The van der Waals surface area contributed by atoms with Crippen LogP contribution < -0.4 is 0 Å². The maximum Gasteiger partial charge on any atom is 0.336 e. The first-order valence-electron chi connectivity index (χ1n) is 5.32. The number of rotatable bonds is 6. The molecule has 2 atom stereocenters. The third kappa shape index (κ3) is 3.63. The quantitative estimate of drug-likeness (QED) is 0.412. The maximum atomic E-state index is 11.0. The average Bonchev–Trinajstić information content (AvgIpc) is 2.37. The van der Waals surface area contributed by atoms with E-state index in [1.54, 1.807) is 0 Å². The number of alkyl halides is 1. The molecule has 8 heteroatoms.